The highest BCUT2D eigenvalue weighted by Gasteiger charge is 2.22. The highest BCUT2D eigenvalue weighted by atomic mass is 79.9. The highest BCUT2D eigenvalue weighted by molar-refractivity contribution is 9.14. The summed E-state index contributed by atoms with van der Waals surface area (Å²) in [5.41, 5.74) is 0. The second-order valence-electron chi connectivity index (χ2n) is 2.24. The predicted octanol–water partition coefficient (Wildman–Crippen LogP) is 2.78. The van der Waals surface area contributed by atoms with E-state index in [2.05, 4.69) is 47.8 Å². The normalized spacial score (nSPS) is 11.8. The van der Waals surface area contributed by atoms with Gasteiger partial charge in [0.05, 0.1) is 5.30 Å². The molecule has 0 radical (unpaired) electrons. The monoisotopic (exact) mass is 392 g/mol. The highest BCUT2D eigenvalue weighted by Crippen LogP contribution is 2.40. The molecule has 3 nitrogen and oxygen atoms in total. The fourth-order valence-electron chi connectivity index (χ4n) is 0.741. The van der Waals surface area contributed by atoms with Crippen molar-refractivity contribution in [1.82, 2.24) is 0 Å². The van der Waals surface area contributed by atoms with Crippen LogP contribution in [-0.4, -0.2) is 9.79 Å². The van der Waals surface area contributed by atoms with E-state index in [1.807, 2.05) is 0 Å². The van der Waals surface area contributed by atoms with Crippen molar-refractivity contribution in [2.45, 2.75) is 0 Å². The number of benzene rings is 1. The Morgan fingerprint density at radius 3 is 2.08 bits per heavy atom. The molecule has 7 heteroatoms. The Hall–Kier alpha value is 0.810. The van der Waals surface area contributed by atoms with Crippen molar-refractivity contribution in [3.63, 3.8) is 0 Å². The quantitative estimate of drug-likeness (QED) is 0.569. The summed E-state index contributed by atoms with van der Waals surface area (Å²) >= 11 is 9.50. The molecule has 0 bridgehead atoms. The molecule has 13 heavy (non-hydrogen) atoms. The summed E-state index contributed by atoms with van der Waals surface area (Å²) in [6.45, 7) is 0. The Kier molecular flexibility index (Phi) is 3.77. The summed E-state index contributed by atoms with van der Waals surface area (Å²) in [5.74, 6) is 0. The van der Waals surface area contributed by atoms with Crippen LogP contribution < -0.4 is 5.30 Å². The van der Waals surface area contributed by atoms with E-state index in [9.17, 15) is 4.57 Å². The van der Waals surface area contributed by atoms with Gasteiger partial charge in [0.2, 0.25) is 0 Å². The smallest absolute Gasteiger partial charge is 0.321 e. The van der Waals surface area contributed by atoms with E-state index in [1.54, 1.807) is 6.07 Å². The first-order valence-corrected chi connectivity index (χ1v) is 7.03. The van der Waals surface area contributed by atoms with Gasteiger partial charge in [0.25, 0.3) is 0 Å². The van der Waals surface area contributed by atoms with E-state index in [1.165, 1.54) is 6.07 Å². The summed E-state index contributed by atoms with van der Waals surface area (Å²) in [5, 5.41) is -0.0254. The Morgan fingerprint density at radius 2 is 1.62 bits per heavy atom. The summed E-state index contributed by atoms with van der Waals surface area (Å²) in [7, 11) is -4.20. The molecular weight excluding hydrogens is 391 g/mol. The lowest BCUT2D eigenvalue weighted by Crippen LogP contribution is -2.06. The van der Waals surface area contributed by atoms with Gasteiger partial charge in [-0.05, 0) is 59.9 Å². The molecule has 0 aliphatic heterocycles. The largest absolute Gasteiger partial charge is 0.357 e. The lowest BCUT2D eigenvalue weighted by atomic mass is 10.4. The maximum absolute atomic E-state index is 10.9. The first-order valence-electron chi connectivity index (χ1n) is 3.03. The van der Waals surface area contributed by atoms with Crippen molar-refractivity contribution < 1.29 is 14.4 Å². The molecule has 0 saturated heterocycles. The molecule has 1 aromatic carbocycles. The van der Waals surface area contributed by atoms with E-state index in [0.717, 1.165) is 4.47 Å². The van der Waals surface area contributed by atoms with Crippen LogP contribution in [0.5, 0.6) is 0 Å². The van der Waals surface area contributed by atoms with Crippen molar-refractivity contribution in [3.8, 4) is 0 Å². The molecule has 1 rings (SSSR count). The van der Waals surface area contributed by atoms with Gasteiger partial charge in [-0.15, -0.1) is 0 Å². The predicted molar refractivity (Wildman–Crippen MR) is 61.2 cm³/mol. The molecule has 0 spiro atoms. The lowest BCUT2D eigenvalue weighted by molar-refractivity contribution is 0.387. The van der Waals surface area contributed by atoms with Crippen LogP contribution in [0.3, 0.4) is 0 Å². The molecule has 1 aromatic rings. The second kappa shape index (κ2) is 4.13. The van der Waals surface area contributed by atoms with Crippen LogP contribution in [0.2, 0.25) is 0 Å². The van der Waals surface area contributed by atoms with Crippen LogP contribution in [0, 0.1) is 0 Å². The van der Waals surface area contributed by atoms with Crippen molar-refractivity contribution in [2.24, 2.45) is 0 Å². The van der Waals surface area contributed by atoms with E-state index < -0.39 is 7.60 Å². The minimum Gasteiger partial charge on any atom is -0.321 e. The van der Waals surface area contributed by atoms with E-state index in [-0.39, 0.29) is 5.30 Å². The van der Waals surface area contributed by atoms with Gasteiger partial charge >= 0.3 is 7.60 Å². The minimum atomic E-state index is -4.20. The summed E-state index contributed by atoms with van der Waals surface area (Å²) < 4.78 is 12.6. The van der Waals surface area contributed by atoms with E-state index in [4.69, 9.17) is 9.79 Å². The van der Waals surface area contributed by atoms with E-state index in [0.29, 0.717) is 8.95 Å². The number of halogens is 3. The minimum absolute atomic E-state index is 0.0254. The van der Waals surface area contributed by atoms with Gasteiger partial charge in [-0.25, -0.2) is 0 Å². The first kappa shape index (κ1) is 11.9. The lowest BCUT2D eigenvalue weighted by Gasteiger charge is -2.08. The van der Waals surface area contributed by atoms with Gasteiger partial charge in [-0.3, -0.25) is 4.57 Å². The second-order valence-corrected chi connectivity index (χ2v) is 6.25. The third-order valence-electron chi connectivity index (χ3n) is 1.33. The molecule has 0 heterocycles. The molecule has 72 valence electrons. The van der Waals surface area contributed by atoms with Crippen molar-refractivity contribution >= 4 is 60.7 Å². The van der Waals surface area contributed by atoms with Crippen LogP contribution in [0.1, 0.15) is 0 Å². The Bertz CT molecular complexity index is 387. The zero-order chi connectivity index (χ0) is 10.2. The first-order chi connectivity index (χ1) is 5.84. The Labute approximate surface area is 100 Å². The topological polar surface area (TPSA) is 57.5 Å². The molecular formula is C6H4Br3O3P. The molecule has 2 N–H and O–H groups in total. The van der Waals surface area contributed by atoms with Crippen molar-refractivity contribution in [1.29, 1.82) is 0 Å². The number of hydrogen-bond acceptors (Lipinski definition) is 1. The number of rotatable bonds is 1. The van der Waals surface area contributed by atoms with Crippen LogP contribution >= 0.6 is 55.4 Å². The van der Waals surface area contributed by atoms with E-state index >= 15 is 0 Å². The van der Waals surface area contributed by atoms with Gasteiger partial charge in [0, 0.05) is 13.4 Å². The fourth-order valence-corrected chi connectivity index (χ4v) is 3.51. The standard InChI is InChI=1S/C6H4Br3O3P/c7-3-1-2-4(13(10,11)12)6(9)5(3)8/h1-2H,(H2,10,11,12). The summed E-state index contributed by atoms with van der Waals surface area (Å²) in [6.07, 6.45) is 0. The number of hydrogen-bond donors (Lipinski definition) is 2. The van der Waals surface area contributed by atoms with Gasteiger partial charge < -0.3 is 9.79 Å². The summed E-state index contributed by atoms with van der Waals surface area (Å²) in [4.78, 5) is 17.9. The zero-order valence-electron chi connectivity index (χ0n) is 6.04. The van der Waals surface area contributed by atoms with Crippen LogP contribution in [0.25, 0.3) is 0 Å². The molecule has 0 aromatic heterocycles. The van der Waals surface area contributed by atoms with Crippen LogP contribution in [0.4, 0.5) is 0 Å². The molecule has 0 atom stereocenters. The Morgan fingerprint density at radius 1 is 1.08 bits per heavy atom. The van der Waals surface area contributed by atoms with Gasteiger partial charge in [0.15, 0.2) is 0 Å². The molecule has 0 fully saturated rings. The molecule has 0 amide bonds. The molecule has 0 aliphatic carbocycles. The SMILES string of the molecule is O=P(O)(O)c1ccc(Br)c(Br)c1Br. The van der Waals surface area contributed by atoms with Crippen molar-refractivity contribution in [3.05, 3.63) is 25.6 Å². The van der Waals surface area contributed by atoms with Crippen LogP contribution in [0.15, 0.2) is 25.6 Å². The fraction of sp³-hybridized carbons (Fsp3) is 0. The van der Waals surface area contributed by atoms with Gasteiger partial charge in [-0.2, -0.15) is 0 Å². The third kappa shape index (κ3) is 2.64. The molecule has 0 unspecified atom stereocenters. The third-order valence-corrected chi connectivity index (χ3v) is 6.01. The average molecular weight is 395 g/mol. The zero-order valence-corrected chi connectivity index (χ0v) is 11.7. The molecule has 0 saturated carbocycles. The average Bonchev–Trinajstić information content (AvgIpc) is 1.98. The van der Waals surface area contributed by atoms with Gasteiger partial charge in [0.1, 0.15) is 0 Å². The maximum Gasteiger partial charge on any atom is 0.357 e. The maximum atomic E-state index is 10.9. The van der Waals surface area contributed by atoms with Crippen LogP contribution in [-0.2, 0) is 4.57 Å². The summed E-state index contributed by atoms with van der Waals surface area (Å²) in [6, 6.07) is 2.95. The van der Waals surface area contributed by atoms with Gasteiger partial charge in [-0.1, -0.05) is 0 Å². The van der Waals surface area contributed by atoms with Crippen molar-refractivity contribution in [2.75, 3.05) is 0 Å². The Balaban J connectivity index is 3.44. The molecule has 0 aliphatic rings.